The van der Waals surface area contributed by atoms with Crippen LogP contribution in [0.3, 0.4) is 0 Å². The summed E-state index contributed by atoms with van der Waals surface area (Å²) in [5, 5.41) is 3.29. The normalized spacial score (nSPS) is 11.2. The number of aromatic nitrogens is 2. The number of rotatable bonds is 10. The fourth-order valence-electron chi connectivity index (χ4n) is 2.27. The summed E-state index contributed by atoms with van der Waals surface area (Å²) in [5.41, 5.74) is -0.437. The van der Waals surface area contributed by atoms with Crippen LogP contribution in [-0.2, 0) is 13.1 Å². The lowest BCUT2D eigenvalue weighted by Gasteiger charge is -2.18. The smallest absolute Gasteiger partial charge is 0.314 e. The number of hydrogen-bond acceptors (Lipinski definition) is 4. The first-order valence-electron chi connectivity index (χ1n) is 7.87. The molecule has 0 saturated carbocycles. The van der Waals surface area contributed by atoms with Gasteiger partial charge in [-0.3, -0.25) is 9.36 Å². The minimum Gasteiger partial charge on any atom is -0.314 e. The molecule has 0 bridgehead atoms. The van der Waals surface area contributed by atoms with E-state index in [2.05, 4.69) is 24.1 Å². The Kier molecular flexibility index (Phi) is 8.00. The Morgan fingerprint density at radius 1 is 1.10 bits per heavy atom. The molecule has 1 heterocycles. The monoisotopic (exact) mass is 296 g/mol. The van der Waals surface area contributed by atoms with Crippen LogP contribution in [-0.4, -0.2) is 46.8 Å². The molecule has 1 N–H and O–H groups in total. The largest absolute Gasteiger partial charge is 0.331 e. The van der Waals surface area contributed by atoms with Gasteiger partial charge in [-0.15, -0.1) is 0 Å². The summed E-state index contributed by atoms with van der Waals surface area (Å²) in [7, 11) is 0. The van der Waals surface area contributed by atoms with Gasteiger partial charge in [-0.1, -0.05) is 20.8 Å². The fraction of sp³-hybridized carbons (Fsp3) is 0.733. The Balaban J connectivity index is 2.50. The predicted octanol–water partition coefficient (Wildman–Crippen LogP) is 0.351. The zero-order chi connectivity index (χ0) is 15.7. The van der Waals surface area contributed by atoms with Crippen LogP contribution < -0.4 is 16.6 Å². The highest BCUT2D eigenvalue weighted by atomic mass is 16.2. The first-order valence-corrected chi connectivity index (χ1v) is 7.87. The van der Waals surface area contributed by atoms with Crippen molar-refractivity contribution in [3.05, 3.63) is 33.1 Å². The van der Waals surface area contributed by atoms with Crippen LogP contribution in [0.4, 0.5) is 0 Å². The number of nitrogens with one attached hydrogen (secondary N) is 1. The van der Waals surface area contributed by atoms with Gasteiger partial charge in [0.2, 0.25) is 0 Å². The Labute approximate surface area is 126 Å². The lowest BCUT2D eigenvalue weighted by atomic mass is 10.4. The summed E-state index contributed by atoms with van der Waals surface area (Å²) in [6.07, 6.45) is 2.46. The maximum Gasteiger partial charge on any atom is 0.331 e. The number of likely N-dealkylation sites (N-methyl/N-ethyl adjacent to an activating group) is 1. The van der Waals surface area contributed by atoms with Gasteiger partial charge < -0.3 is 14.8 Å². The summed E-state index contributed by atoms with van der Waals surface area (Å²) < 4.78 is 2.90. The molecule has 0 amide bonds. The average molecular weight is 296 g/mol. The average Bonchev–Trinajstić information content (AvgIpc) is 2.49. The molecule has 120 valence electrons. The van der Waals surface area contributed by atoms with Crippen molar-refractivity contribution in [2.45, 2.75) is 40.3 Å². The van der Waals surface area contributed by atoms with Gasteiger partial charge in [0.15, 0.2) is 0 Å². The second-order valence-electron chi connectivity index (χ2n) is 5.06. The van der Waals surface area contributed by atoms with Crippen LogP contribution in [0, 0.1) is 0 Å². The molecule has 0 fully saturated rings. The van der Waals surface area contributed by atoms with Crippen LogP contribution in [0.1, 0.15) is 27.2 Å². The third kappa shape index (κ3) is 5.47. The van der Waals surface area contributed by atoms with E-state index in [9.17, 15) is 9.59 Å². The van der Waals surface area contributed by atoms with Gasteiger partial charge in [0.1, 0.15) is 0 Å². The second-order valence-corrected chi connectivity index (χ2v) is 5.06. The van der Waals surface area contributed by atoms with Gasteiger partial charge in [-0.05, 0) is 19.5 Å². The van der Waals surface area contributed by atoms with Gasteiger partial charge in [0, 0.05) is 45.0 Å². The zero-order valence-corrected chi connectivity index (χ0v) is 13.5. The summed E-state index contributed by atoms with van der Waals surface area (Å²) >= 11 is 0. The van der Waals surface area contributed by atoms with Crippen LogP contribution >= 0.6 is 0 Å². The van der Waals surface area contributed by atoms with E-state index >= 15 is 0 Å². The molecule has 1 rings (SSSR count). The SMILES string of the molecule is CCCn1ccc(=O)n(CCNCCN(CC)CC)c1=O. The quantitative estimate of drug-likeness (QED) is 0.633. The summed E-state index contributed by atoms with van der Waals surface area (Å²) in [6.45, 7) is 11.9. The molecule has 0 saturated heterocycles. The maximum absolute atomic E-state index is 12.1. The Bertz CT molecular complexity index is 517. The Hall–Kier alpha value is -1.40. The minimum absolute atomic E-state index is 0.213. The second kappa shape index (κ2) is 9.52. The maximum atomic E-state index is 12.1. The molecule has 1 aromatic heterocycles. The number of hydrogen-bond donors (Lipinski definition) is 1. The van der Waals surface area contributed by atoms with E-state index in [-0.39, 0.29) is 11.2 Å². The van der Waals surface area contributed by atoms with Crippen molar-refractivity contribution in [2.24, 2.45) is 0 Å². The van der Waals surface area contributed by atoms with Gasteiger partial charge in [-0.25, -0.2) is 4.79 Å². The van der Waals surface area contributed by atoms with E-state index in [1.807, 2.05) is 6.92 Å². The highest BCUT2D eigenvalue weighted by molar-refractivity contribution is 4.86. The molecular formula is C15H28N4O2. The molecule has 0 aliphatic heterocycles. The topological polar surface area (TPSA) is 59.3 Å². The van der Waals surface area contributed by atoms with E-state index in [0.29, 0.717) is 19.6 Å². The molecule has 0 radical (unpaired) electrons. The molecule has 6 heteroatoms. The molecule has 0 aliphatic carbocycles. The van der Waals surface area contributed by atoms with Crippen molar-refractivity contribution >= 4 is 0 Å². The first-order chi connectivity index (χ1) is 10.1. The summed E-state index contributed by atoms with van der Waals surface area (Å²) in [4.78, 5) is 26.2. The molecule has 0 atom stereocenters. The van der Waals surface area contributed by atoms with E-state index in [0.717, 1.165) is 32.6 Å². The third-order valence-electron chi connectivity index (χ3n) is 3.62. The highest BCUT2D eigenvalue weighted by Crippen LogP contribution is 1.85. The van der Waals surface area contributed by atoms with E-state index < -0.39 is 0 Å². The molecule has 6 nitrogen and oxygen atoms in total. The fourth-order valence-corrected chi connectivity index (χ4v) is 2.27. The molecular weight excluding hydrogens is 268 g/mol. The van der Waals surface area contributed by atoms with Crippen LogP contribution in [0.5, 0.6) is 0 Å². The number of nitrogens with zero attached hydrogens (tertiary/aromatic N) is 3. The van der Waals surface area contributed by atoms with Crippen molar-refractivity contribution < 1.29 is 0 Å². The van der Waals surface area contributed by atoms with E-state index in [1.54, 1.807) is 10.8 Å². The van der Waals surface area contributed by atoms with Crippen LogP contribution in [0.25, 0.3) is 0 Å². The van der Waals surface area contributed by atoms with Crippen molar-refractivity contribution in [3.8, 4) is 0 Å². The molecule has 0 aromatic carbocycles. The minimum atomic E-state index is -0.224. The van der Waals surface area contributed by atoms with Gasteiger partial charge in [0.25, 0.3) is 5.56 Å². The summed E-state index contributed by atoms with van der Waals surface area (Å²) in [6, 6.07) is 1.47. The van der Waals surface area contributed by atoms with E-state index in [4.69, 9.17) is 0 Å². The van der Waals surface area contributed by atoms with Gasteiger partial charge >= 0.3 is 5.69 Å². The zero-order valence-electron chi connectivity index (χ0n) is 13.5. The molecule has 0 spiro atoms. The first kappa shape index (κ1) is 17.7. The van der Waals surface area contributed by atoms with Crippen molar-refractivity contribution in [2.75, 3.05) is 32.7 Å². The molecule has 21 heavy (non-hydrogen) atoms. The molecule has 0 aliphatic rings. The molecule has 1 aromatic rings. The number of aryl methyl sites for hydroxylation is 1. The van der Waals surface area contributed by atoms with Crippen molar-refractivity contribution in [1.82, 2.24) is 19.4 Å². The van der Waals surface area contributed by atoms with Gasteiger partial charge in [0.05, 0.1) is 0 Å². The standard InChI is InChI=1S/C15H28N4O2/c1-4-10-18-11-7-14(20)19(15(18)21)13-9-16-8-12-17(5-2)6-3/h7,11,16H,4-6,8-10,12-13H2,1-3H3. The highest BCUT2D eigenvalue weighted by Gasteiger charge is 2.04. The lowest BCUT2D eigenvalue weighted by molar-refractivity contribution is 0.301. The molecule has 0 unspecified atom stereocenters. The van der Waals surface area contributed by atoms with Crippen LogP contribution in [0.2, 0.25) is 0 Å². The van der Waals surface area contributed by atoms with Crippen molar-refractivity contribution in [3.63, 3.8) is 0 Å². The predicted molar refractivity (Wildman–Crippen MR) is 85.9 cm³/mol. The van der Waals surface area contributed by atoms with E-state index in [1.165, 1.54) is 10.6 Å². The lowest BCUT2D eigenvalue weighted by Crippen LogP contribution is -2.41. The van der Waals surface area contributed by atoms with Crippen molar-refractivity contribution in [1.29, 1.82) is 0 Å². The van der Waals surface area contributed by atoms with Gasteiger partial charge in [-0.2, -0.15) is 0 Å². The Morgan fingerprint density at radius 3 is 2.43 bits per heavy atom. The third-order valence-corrected chi connectivity index (χ3v) is 3.62. The van der Waals surface area contributed by atoms with Crippen LogP contribution in [0.15, 0.2) is 21.9 Å². The summed E-state index contributed by atoms with van der Waals surface area (Å²) in [5.74, 6) is 0. The Morgan fingerprint density at radius 2 is 1.81 bits per heavy atom.